The first-order chi connectivity index (χ1) is 9.74. The van der Waals surface area contributed by atoms with Gasteiger partial charge in [-0.05, 0) is 16.3 Å². The maximum Gasteiger partial charge on any atom is 0.346 e. The Bertz CT molecular complexity index is 805. The maximum atomic E-state index is 11.0. The highest BCUT2D eigenvalue weighted by molar-refractivity contribution is 5.85. The molecule has 4 N–H and O–H groups in total. The van der Waals surface area contributed by atoms with E-state index in [-0.39, 0.29) is 0 Å². The minimum atomic E-state index is -0.446. The van der Waals surface area contributed by atoms with Gasteiger partial charge in [-0.15, -0.1) is 0 Å². The van der Waals surface area contributed by atoms with Crippen LogP contribution in [-0.2, 0) is 6.54 Å². The van der Waals surface area contributed by atoms with Crippen molar-refractivity contribution in [2.24, 2.45) is 0 Å². The second-order valence-corrected chi connectivity index (χ2v) is 4.51. The van der Waals surface area contributed by atoms with E-state index < -0.39 is 5.69 Å². The van der Waals surface area contributed by atoms with Crippen molar-refractivity contribution in [2.75, 3.05) is 11.1 Å². The van der Waals surface area contributed by atoms with E-state index in [0.717, 1.165) is 5.56 Å². The van der Waals surface area contributed by atoms with Gasteiger partial charge in [-0.3, -0.25) is 4.98 Å². The van der Waals surface area contributed by atoms with Gasteiger partial charge in [0.25, 0.3) is 0 Å². The van der Waals surface area contributed by atoms with Gasteiger partial charge in [-0.1, -0.05) is 42.5 Å². The Morgan fingerprint density at radius 2 is 1.95 bits per heavy atom. The molecule has 2 aromatic carbocycles. The van der Waals surface area contributed by atoms with E-state index in [1.165, 1.54) is 17.0 Å². The summed E-state index contributed by atoms with van der Waals surface area (Å²) in [5.74, 6) is 0.297. The molecule has 0 fully saturated rings. The molecule has 3 rings (SSSR count). The van der Waals surface area contributed by atoms with Crippen LogP contribution in [0.4, 0.5) is 11.5 Å². The zero-order valence-electron chi connectivity index (χ0n) is 10.8. The van der Waals surface area contributed by atoms with Crippen molar-refractivity contribution >= 4 is 22.3 Å². The van der Waals surface area contributed by atoms with Gasteiger partial charge >= 0.3 is 5.69 Å². The van der Waals surface area contributed by atoms with Crippen LogP contribution >= 0.6 is 0 Å². The fraction of sp³-hybridized carbons (Fsp3) is 0.0667. The summed E-state index contributed by atoms with van der Waals surface area (Å²) in [4.78, 5) is 17.1. The Kier molecular flexibility index (Phi) is 3.09. The standard InChI is InChI=1S/C15H14N4O/c16-14-13(9-18-15(20)19-14)17-8-11-6-3-5-10-4-1-2-7-12(10)11/h1-7,9,17H,8H2,(H3,16,18,19,20). The molecule has 1 heterocycles. The molecule has 0 radical (unpaired) electrons. The number of nitrogens with one attached hydrogen (secondary N) is 2. The Morgan fingerprint density at radius 3 is 2.80 bits per heavy atom. The maximum absolute atomic E-state index is 11.0. The van der Waals surface area contributed by atoms with Crippen LogP contribution < -0.4 is 16.7 Å². The molecule has 0 spiro atoms. The quantitative estimate of drug-likeness (QED) is 0.678. The summed E-state index contributed by atoms with van der Waals surface area (Å²) >= 11 is 0. The first kappa shape index (κ1) is 12.2. The van der Waals surface area contributed by atoms with E-state index >= 15 is 0 Å². The fourth-order valence-electron chi connectivity index (χ4n) is 2.19. The molecule has 0 unspecified atom stereocenters. The topological polar surface area (TPSA) is 83.8 Å². The van der Waals surface area contributed by atoms with Crippen molar-refractivity contribution in [2.45, 2.75) is 6.54 Å². The van der Waals surface area contributed by atoms with Crippen LogP contribution in [0.3, 0.4) is 0 Å². The van der Waals surface area contributed by atoms with Crippen molar-refractivity contribution in [1.29, 1.82) is 0 Å². The number of aromatic nitrogens is 2. The van der Waals surface area contributed by atoms with E-state index in [2.05, 4.69) is 39.6 Å². The van der Waals surface area contributed by atoms with Crippen LogP contribution in [0.1, 0.15) is 5.56 Å². The lowest BCUT2D eigenvalue weighted by Gasteiger charge is -2.10. The third-order valence-electron chi connectivity index (χ3n) is 3.19. The lowest BCUT2D eigenvalue weighted by molar-refractivity contribution is 1.06. The molecule has 0 aliphatic rings. The summed E-state index contributed by atoms with van der Waals surface area (Å²) in [6.45, 7) is 0.610. The molecule has 5 heteroatoms. The van der Waals surface area contributed by atoms with Crippen molar-refractivity contribution in [3.63, 3.8) is 0 Å². The van der Waals surface area contributed by atoms with E-state index in [4.69, 9.17) is 5.73 Å². The average Bonchev–Trinajstić information content (AvgIpc) is 2.46. The highest BCUT2D eigenvalue weighted by Crippen LogP contribution is 2.20. The van der Waals surface area contributed by atoms with Crippen molar-refractivity contribution in [3.05, 3.63) is 64.7 Å². The molecule has 0 atom stereocenters. The first-order valence-corrected chi connectivity index (χ1v) is 6.29. The zero-order chi connectivity index (χ0) is 13.9. The third kappa shape index (κ3) is 2.33. The van der Waals surface area contributed by atoms with Gasteiger partial charge in [-0.2, -0.15) is 4.98 Å². The van der Waals surface area contributed by atoms with Gasteiger partial charge in [0, 0.05) is 6.54 Å². The number of hydrogen-bond donors (Lipinski definition) is 3. The highest BCUT2D eigenvalue weighted by Gasteiger charge is 2.03. The number of nitrogen functional groups attached to an aromatic ring is 1. The number of hydrogen-bond acceptors (Lipinski definition) is 4. The minimum Gasteiger partial charge on any atom is -0.383 e. The molecule has 20 heavy (non-hydrogen) atoms. The molecule has 5 nitrogen and oxygen atoms in total. The monoisotopic (exact) mass is 266 g/mol. The number of nitrogens with two attached hydrogens (primary N) is 1. The predicted molar refractivity (Wildman–Crippen MR) is 80.5 cm³/mol. The first-order valence-electron chi connectivity index (χ1n) is 6.29. The lowest BCUT2D eigenvalue weighted by Crippen LogP contribution is -2.14. The number of benzene rings is 2. The number of H-pyrrole nitrogens is 1. The van der Waals surface area contributed by atoms with Gasteiger partial charge in [-0.25, -0.2) is 4.79 Å². The Labute approximate surface area is 115 Å². The van der Waals surface area contributed by atoms with E-state index in [9.17, 15) is 4.79 Å². The predicted octanol–water partition coefficient (Wildman–Crippen LogP) is 2.12. The van der Waals surface area contributed by atoms with E-state index in [1.54, 1.807) is 0 Å². The minimum absolute atomic E-state index is 0.297. The van der Waals surface area contributed by atoms with Gasteiger partial charge < -0.3 is 11.1 Å². The smallest absolute Gasteiger partial charge is 0.346 e. The van der Waals surface area contributed by atoms with Crippen molar-refractivity contribution < 1.29 is 0 Å². The molecule has 100 valence electrons. The van der Waals surface area contributed by atoms with Crippen LogP contribution in [-0.4, -0.2) is 9.97 Å². The lowest BCUT2D eigenvalue weighted by atomic mass is 10.0. The van der Waals surface area contributed by atoms with E-state index in [0.29, 0.717) is 18.1 Å². The molecular weight excluding hydrogens is 252 g/mol. The van der Waals surface area contributed by atoms with Crippen molar-refractivity contribution in [1.82, 2.24) is 9.97 Å². The summed E-state index contributed by atoms with van der Waals surface area (Å²) in [5, 5.41) is 5.58. The largest absolute Gasteiger partial charge is 0.383 e. The molecular formula is C15H14N4O. The van der Waals surface area contributed by atoms with Crippen LogP contribution in [0.5, 0.6) is 0 Å². The molecule has 1 aromatic heterocycles. The number of nitrogens with zero attached hydrogens (tertiary/aromatic N) is 1. The summed E-state index contributed by atoms with van der Waals surface area (Å²) in [6, 6.07) is 14.4. The molecule has 3 aromatic rings. The average molecular weight is 266 g/mol. The Balaban J connectivity index is 1.88. The number of fused-ring (bicyclic) bond motifs is 1. The van der Waals surface area contributed by atoms with Gasteiger partial charge in [0.2, 0.25) is 0 Å². The molecule has 0 bridgehead atoms. The van der Waals surface area contributed by atoms with Gasteiger partial charge in [0.15, 0.2) is 0 Å². The number of aromatic amines is 1. The molecule has 0 amide bonds. The van der Waals surface area contributed by atoms with Crippen LogP contribution in [0.2, 0.25) is 0 Å². The second kappa shape index (κ2) is 5.05. The molecule has 0 saturated heterocycles. The van der Waals surface area contributed by atoms with Gasteiger partial charge in [0.05, 0.1) is 11.9 Å². The SMILES string of the molecule is Nc1[nH]c(=O)ncc1NCc1cccc2ccccc12. The summed E-state index contributed by atoms with van der Waals surface area (Å²) in [6.07, 6.45) is 1.44. The second-order valence-electron chi connectivity index (χ2n) is 4.51. The fourth-order valence-corrected chi connectivity index (χ4v) is 2.19. The zero-order valence-corrected chi connectivity index (χ0v) is 10.8. The number of rotatable bonds is 3. The van der Waals surface area contributed by atoms with Crippen LogP contribution in [0.25, 0.3) is 10.8 Å². The van der Waals surface area contributed by atoms with Gasteiger partial charge in [0.1, 0.15) is 5.82 Å². The molecule has 0 saturated carbocycles. The molecule has 0 aliphatic heterocycles. The summed E-state index contributed by atoms with van der Waals surface area (Å²) < 4.78 is 0. The van der Waals surface area contributed by atoms with Crippen LogP contribution in [0, 0.1) is 0 Å². The number of anilines is 2. The third-order valence-corrected chi connectivity index (χ3v) is 3.19. The Morgan fingerprint density at radius 1 is 1.15 bits per heavy atom. The van der Waals surface area contributed by atoms with Crippen LogP contribution in [0.15, 0.2) is 53.5 Å². The summed E-state index contributed by atoms with van der Waals surface area (Å²) in [7, 11) is 0. The van der Waals surface area contributed by atoms with E-state index in [1.807, 2.05) is 18.2 Å². The normalized spacial score (nSPS) is 10.6. The van der Waals surface area contributed by atoms with Crippen molar-refractivity contribution in [3.8, 4) is 0 Å². The summed E-state index contributed by atoms with van der Waals surface area (Å²) in [5.41, 5.74) is 7.08. The Hall–Kier alpha value is -2.82. The highest BCUT2D eigenvalue weighted by atomic mass is 16.1. The molecule has 0 aliphatic carbocycles.